The molecule has 22 heavy (non-hydrogen) atoms. The van der Waals surface area contributed by atoms with Gasteiger partial charge in [0.05, 0.1) is 4.92 Å². The molecule has 2 rings (SSSR count). The van der Waals surface area contributed by atoms with Crippen LogP contribution < -0.4 is 10.6 Å². The van der Waals surface area contributed by atoms with Gasteiger partial charge in [0, 0.05) is 35.0 Å². The number of thiocarbonyl (C=S) groups is 1. The van der Waals surface area contributed by atoms with Crippen LogP contribution in [0.15, 0.2) is 59.5 Å². The summed E-state index contributed by atoms with van der Waals surface area (Å²) >= 11 is 6.82. The zero-order valence-corrected chi connectivity index (χ0v) is 13.3. The molecule has 0 spiro atoms. The lowest BCUT2D eigenvalue weighted by molar-refractivity contribution is -0.384. The molecule has 2 aromatic carbocycles. The Balaban J connectivity index is 1.68. The van der Waals surface area contributed by atoms with Gasteiger partial charge in [-0.25, -0.2) is 0 Å². The van der Waals surface area contributed by atoms with Crippen molar-refractivity contribution in [1.82, 2.24) is 5.32 Å². The molecule has 0 radical (unpaired) electrons. The summed E-state index contributed by atoms with van der Waals surface area (Å²) in [6, 6.07) is 16.2. The summed E-state index contributed by atoms with van der Waals surface area (Å²) in [6.45, 7) is 0.709. The third-order valence-electron chi connectivity index (χ3n) is 2.74. The smallest absolute Gasteiger partial charge is 0.269 e. The number of nitro benzene ring substituents is 1. The summed E-state index contributed by atoms with van der Waals surface area (Å²) < 4.78 is 0. The second-order valence-electron chi connectivity index (χ2n) is 4.35. The van der Waals surface area contributed by atoms with Gasteiger partial charge >= 0.3 is 0 Å². The lowest BCUT2D eigenvalue weighted by Gasteiger charge is -2.10. The number of anilines is 1. The highest BCUT2D eigenvalue weighted by atomic mass is 32.2. The maximum Gasteiger partial charge on any atom is 0.269 e. The Morgan fingerprint density at radius 3 is 2.45 bits per heavy atom. The van der Waals surface area contributed by atoms with Crippen LogP contribution in [0.3, 0.4) is 0 Å². The minimum atomic E-state index is -0.399. The molecule has 0 aliphatic heterocycles. The van der Waals surface area contributed by atoms with Crippen LogP contribution in [0.2, 0.25) is 0 Å². The Morgan fingerprint density at radius 2 is 1.82 bits per heavy atom. The molecule has 2 aromatic rings. The van der Waals surface area contributed by atoms with E-state index in [4.69, 9.17) is 12.2 Å². The molecular formula is C15H15N3O2S2. The van der Waals surface area contributed by atoms with Gasteiger partial charge in [-0.2, -0.15) is 0 Å². The molecule has 0 heterocycles. The van der Waals surface area contributed by atoms with Gasteiger partial charge in [-0.1, -0.05) is 18.2 Å². The van der Waals surface area contributed by atoms with E-state index in [1.807, 2.05) is 30.3 Å². The van der Waals surface area contributed by atoms with Crippen LogP contribution in [0.4, 0.5) is 11.4 Å². The predicted octanol–water partition coefficient (Wildman–Crippen LogP) is 3.67. The predicted molar refractivity (Wildman–Crippen MR) is 94.5 cm³/mol. The molecule has 0 unspecified atom stereocenters. The monoisotopic (exact) mass is 333 g/mol. The van der Waals surface area contributed by atoms with Crippen molar-refractivity contribution in [3.63, 3.8) is 0 Å². The first kappa shape index (κ1) is 16.3. The fourth-order valence-corrected chi connectivity index (χ4v) is 2.68. The molecule has 0 aliphatic rings. The normalized spacial score (nSPS) is 10.0. The van der Waals surface area contributed by atoms with Crippen molar-refractivity contribution in [3.8, 4) is 0 Å². The standard InChI is InChI=1S/C15H15N3O2S2/c19-18(20)13-6-8-14(9-7-13)22-11-10-16-15(21)17-12-4-2-1-3-5-12/h1-9H,10-11H2,(H2,16,17,21). The Kier molecular flexibility index (Phi) is 6.17. The molecule has 0 bridgehead atoms. The highest BCUT2D eigenvalue weighted by Crippen LogP contribution is 2.20. The van der Waals surface area contributed by atoms with Gasteiger partial charge in [0.2, 0.25) is 0 Å². The van der Waals surface area contributed by atoms with Gasteiger partial charge in [0.25, 0.3) is 5.69 Å². The number of hydrogen-bond donors (Lipinski definition) is 2. The Bertz CT molecular complexity index is 633. The van der Waals surface area contributed by atoms with Crippen molar-refractivity contribution in [2.75, 3.05) is 17.6 Å². The Labute approximate surface area is 138 Å². The molecule has 114 valence electrons. The molecule has 0 atom stereocenters. The highest BCUT2D eigenvalue weighted by Gasteiger charge is 2.04. The second kappa shape index (κ2) is 8.35. The van der Waals surface area contributed by atoms with Gasteiger partial charge in [-0.05, 0) is 36.5 Å². The van der Waals surface area contributed by atoms with Crippen LogP contribution in [-0.2, 0) is 0 Å². The van der Waals surface area contributed by atoms with Crippen molar-refractivity contribution in [2.24, 2.45) is 0 Å². The minimum absolute atomic E-state index is 0.107. The maximum absolute atomic E-state index is 10.6. The molecule has 5 nitrogen and oxygen atoms in total. The number of nitro groups is 1. The summed E-state index contributed by atoms with van der Waals surface area (Å²) in [5.74, 6) is 0.814. The summed E-state index contributed by atoms with van der Waals surface area (Å²) in [7, 11) is 0. The van der Waals surface area contributed by atoms with E-state index in [0.717, 1.165) is 16.3 Å². The molecule has 0 saturated heterocycles. The summed E-state index contributed by atoms with van der Waals surface area (Å²) in [5, 5.41) is 17.4. The van der Waals surface area contributed by atoms with Crippen LogP contribution in [0.25, 0.3) is 0 Å². The summed E-state index contributed by atoms with van der Waals surface area (Å²) in [4.78, 5) is 11.2. The van der Waals surface area contributed by atoms with Crippen molar-refractivity contribution in [1.29, 1.82) is 0 Å². The van der Waals surface area contributed by atoms with Crippen LogP contribution >= 0.6 is 24.0 Å². The Morgan fingerprint density at radius 1 is 1.14 bits per heavy atom. The molecule has 7 heteroatoms. The first-order valence-electron chi connectivity index (χ1n) is 6.62. The number of rotatable bonds is 6. The van der Waals surface area contributed by atoms with Crippen molar-refractivity contribution in [3.05, 3.63) is 64.7 Å². The topological polar surface area (TPSA) is 67.2 Å². The maximum atomic E-state index is 10.6. The molecule has 0 aliphatic carbocycles. The van der Waals surface area contributed by atoms with Crippen LogP contribution in [-0.4, -0.2) is 22.3 Å². The SMILES string of the molecule is O=[N+]([O-])c1ccc(SCCNC(=S)Nc2ccccc2)cc1. The van der Waals surface area contributed by atoms with E-state index in [1.165, 1.54) is 12.1 Å². The number of hydrogen-bond acceptors (Lipinski definition) is 4. The van der Waals surface area contributed by atoms with Crippen molar-refractivity contribution in [2.45, 2.75) is 4.90 Å². The molecule has 0 aromatic heterocycles. The third kappa shape index (κ3) is 5.34. The number of para-hydroxylation sites is 1. The quantitative estimate of drug-likeness (QED) is 0.276. The van der Waals surface area contributed by atoms with Gasteiger partial charge in [-0.3, -0.25) is 10.1 Å². The fraction of sp³-hybridized carbons (Fsp3) is 0.133. The lowest BCUT2D eigenvalue weighted by atomic mass is 10.3. The number of nitrogens with zero attached hydrogens (tertiary/aromatic N) is 1. The highest BCUT2D eigenvalue weighted by molar-refractivity contribution is 7.99. The van der Waals surface area contributed by atoms with Crippen LogP contribution in [0.5, 0.6) is 0 Å². The van der Waals surface area contributed by atoms with E-state index in [0.29, 0.717) is 11.7 Å². The number of benzene rings is 2. The minimum Gasteiger partial charge on any atom is -0.362 e. The number of non-ortho nitro benzene ring substituents is 1. The second-order valence-corrected chi connectivity index (χ2v) is 5.92. The average Bonchev–Trinajstić information content (AvgIpc) is 2.53. The Hall–Kier alpha value is -2.12. The van der Waals surface area contributed by atoms with E-state index < -0.39 is 4.92 Å². The van der Waals surface area contributed by atoms with E-state index in [9.17, 15) is 10.1 Å². The van der Waals surface area contributed by atoms with Crippen molar-refractivity contribution < 1.29 is 4.92 Å². The summed E-state index contributed by atoms with van der Waals surface area (Å²) in [5.41, 5.74) is 1.05. The molecule has 2 N–H and O–H groups in total. The van der Waals surface area contributed by atoms with E-state index >= 15 is 0 Å². The van der Waals surface area contributed by atoms with Gasteiger partial charge in [-0.15, -0.1) is 11.8 Å². The lowest BCUT2D eigenvalue weighted by Crippen LogP contribution is -2.30. The van der Waals surface area contributed by atoms with E-state index in [2.05, 4.69) is 10.6 Å². The van der Waals surface area contributed by atoms with Crippen molar-refractivity contribution >= 4 is 40.5 Å². The summed E-state index contributed by atoms with van der Waals surface area (Å²) in [6.07, 6.45) is 0. The van der Waals surface area contributed by atoms with Gasteiger partial charge < -0.3 is 10.6 Å². The molecular weight excluding hydrogens is 318 g/mol. The van der Waals surface area contributed by atoms with Crippen LogP contribution in [0.1, 0.15) is 0 Å². The molecule has 0 saturated carbocycles. The average molecular weight is 333 g/mol. The zero-order chi connectivity index (χ0) is 15.8. The molecule has 0 fully saturated rings. The first-order chi connectivity index (χ1) is 10.6. The van der Waals surface area contributed by atoms with E-state index in [1.54, 1.807) is 23.9 Å². The number of nitrogens with one attached hydrogen (secondary N) is 2. The zero-order valence-electron chi connectivity index (χ0n) is 11.7. The number of thioether (sulfide) groups is 1. The van der Waals surface area contributed by atoms with E-state index in [-0.39, 0.29) is 5.69 Å². The first-order valence-corrected chi connectivity index (χ1v) is 8.02. The van der Waals surface area contributed by atoms with Gasteiger partial charge in [0.1, 0.15) is 0 Å². The van der Waals surface area contributed by atoms with Crippen LogP contribution in [0, 0.1) is 10.1 Å². The van der Waals surface area contributed by atoms with Gasteiger partial charge in [0.15, 0.2) is 5.11 Å². The third-order valence-corrected chi connectivity index (χ3v) is 4.00. The molecule has 0 amide bonds. The fourth-order valence-electron chi connectivity index (χ4n) is 1.69. The largest absolute Gasteiger partial charge is 0.362 e.